The number of carbonyl (C=O) groups is 1. The molecule has 0 saturated carbocycles. The molecule has 0 spiro atoms. The van der Waals surface area contributed by atoms with Crippen LogP contribution in [0.3, 0.4) is 0 Å². The van der Waals surface area contributed by atoms with Crippen LogP contribution in [0.5, 0.6) is 11.5 Å². The van der Waals surface area contributed by atoms with E-state index in [2.05, 4.69) is 0 Å². The highest BCUT2D eigenvalue weighted by molar-refractivity contribution is 5.89. The van der Waals surface area contributed by atoms with E-state index in [1.165, 1.54) is 0 Å². The molecule has 0 radical (unpaired) electrons. The van der Waals surface area contributed by atoms with Crippen molar-refractivity contribution in [2.45, 2.75) is 20.1 Å². The molecule has 0 bridgehead atoms. The Kier molecular flexibility index (Phi) is 8.33. The van der Waals surface area contributed by atoms with Gasteiger partial charge in [0.15, 0.2) is 11.5 Å². The van der Waals surface area contributed by atoms with Gasteiger partial charge in [0.05, 0.1) is 12.2 Å². The van der Waals surface area contributed by atoms with Crippen LogP contribution in [-0.2, 0) is 18.0 Å². The summed E-state index contributed by atoms with van der Waals surface area (Å²) in [5.74, 6) is 1.07. The van der Waals surface area contributed by atoms with Crippen LogP contribution in [-0.4, -0.2) is 12.6 Å². The molecule has 0 atom stereocenters. The van der Waals surface area contributed by atoms with Crippen molar-refractivity contribution in [2.24, 2.45) is 0 Å². The van der Waals surface area contributed by atoms with Crippen molar-refractivity contribution in [2.75, 3.05) is 6.61 Å². The highest BCUT2D eigenvalue weighted by Gasteiger charge is 2.08. The van der Waals surface area contributed by atoms with Crippen molar-refractivity contribution < 1.29 is 19.0 Å². The Bertz CT molecular complexity index is 1250. The van der Waals surface area contributed by atoms with Crippen LogP contribution in [0.4, 0.5) is 0 Å². The molecule has 4 heteroatoms. The van der Waals surface area contributed by atoms with Gasteiger partial charge in [0, 0.05) is 0 Å². The summed E-state index contributed by atoms with van der Waals surface area (Å²) in [6, 6.07) is 33.4. The summed E-state index contributed by atoms with van der Waals surface area (Å²) in [7, 11) is 0. The summed E-state index contributed by atoms with van der Waals surface area (Å²) in [5.41, 5.74) is 4.69. The third-order valence-corrected chi connectivity index (χ3v) is 5.33. The predicted octanol–water partition coefficient (Wildman–Crippen LogP) is 7.19. The van der Waals surface area contributed by atoms with Gasteiger partial charge in [-0.3, -0.25) is 0 Å². The number of ether oxygens (including phenoxy) is 3. The quantitative estimate of drug-likeness (QED) is 0.184. The zero-order valence-electron chi connectivity index (χ0n) is 19.7. The van der Waals surface area contributed by atoms with Gasteiger partial charge in [0.2, 0.25) is 0 Å². The lowest BCUT2D eigenvalue weighted by Gasteiger charge is -2.14. The average Bonchev–Trinajstić information content (AvgIpc) is 2.91. The summed E-state index contributed by atoms with van der Waals surface area (Å²) in [4.78, 5) is 11.8. The van der Waals surface area contributed by atoms with Gasteiger partial charge in [0.25, 0.3) is 0 Å². The Morgan fingerprint density at radius 2 is 1.20 bits per heavy atom. The molecule has 4 rings (SSSR count). The van der Waals surface area contributed by atoms with E-state index in [4.69, 9.17) is 14.2 Å². The number of carbonyl (C=O) groups excluding carboxylic acids is 1. The number of hydrogen-bond acceptors (Lipinski definition) is 4. The maximum atomic E-state index is 11.8. The Labute approximate surface area is 206 Å². The van der Waals surface area contributed by atoms with Gasteiger partial charge in [-0.2, -0.15) is 0 Å². The molecule has 176 valence electrons. The molecule has 0 aliphatic carbocycles. The fraction of sp³-hybridized carbons (Fsp3) is 0.129. The van der Waals surface area contributed by atoms with E-state index in [0.717, 1.165) is 22.3 Å². The molecule has 4 aromatic rings. The van der Waals surface area contributed by atoms with Crippen LogP contribution >= 0.6 is 0 Å². The van der Waals surface area contributed by atoms with Crippen molar-refractivity contribution >= 4 is 18.1 Å². The Hall–Kier alpha value is -4.31. The minimum atomic E-state index is -0.311. The van der Waals surface area contributed by atoms with E-state index in [9.17, 15) is 4.79 Å². The van der Waals surface area contributed by atoms with Crippen LogP contribution in [0.25, 0.3) is 12.2 Å². The molecule has 0 unspecified atom stereocenters. The Balaban J connectivity index is 1.50. The second-order valence-electron chi connectivity index (χ2n) is 7.93. The highest BCUT2D eigenvalue weighted by atomic mass is 16.5. The van der Waals surface area contributed by atoms with Crippen molar-refractivity contribution in [1.29, 1.82) is 0 Å². The van der Waals surface area contributed by atoms with E-state index in [1.807, 2.05) is 103 Å². The second kappa shape index (κ2) is 12.2. The van der Waals surface area contributed by atoms with E-state index >= 15 is 0 Å². The maximum Gasteiger partial charge on any atom is 0.338 e. The standard InChI is InChI=1S/C31H28O4/c1-2-33-31(32)28-18-15-24(16-19-28)13-14-25-17-20-29(34-22-26-9-5-3-6-10-26)30(21-25)35-23-27-11-7-4-8-12-27/h3-21H,2,22-23H2,1H3/b14-13+. The Morgan fingerprint density at radius 3 is 1.80 bits per heavy atom. The van der Waals surface area contributed by atoms with E-state index in [-0.39, 0.29) is 5.97 Å². The van der Waals surface area contributed by atoms with Crippen molar-refractivity contribution in [3.8, 4) is 11.5 Å². The van der Waals surface area contributed by atoms with Gasteiger partial charge < -0.3 is 14.2 Å². The van der Waals surface area contributed by atoms with Gasteiger partial charge in [-0.15, -0.1) is 0 Å². The molecule has 0 amide bonds. The summed E-state index contributed by atoms with van der Waals surface area (Å²) in [5, 5.41) is 0. The molecule has 0 aromatic heterocycles. The minimum Gasteiger partial charge on any atom is -0.485 e. The summed E-state index contributed by atoms with van der Waals surface area (Å²) in [6.45, 7) is 3.07. The summed E-state index contributed by atoms with van der Waals surface area (Å²) < 4.78 is 17.3. The molecular formula is C31H28O4. The number of benzene rings is 4. The molecule has 4 nitrogen and oxygen atoms in total. The SMILES string of the molecule is CCOC(=O)c1ccc(/C=C/c2ccc(OCc3ccccc3)c(OCc3ccccc3)c2)cc1. The zero-order chi connectivity index (χ0) is 24.3. The second-order valence-corrected chi connectivity index (χ2v) is 7.93. The third-order valence-electron chi connectivity index (χ3n) is 5.33. The number of esters is 1. The van der Waals surface area contributed by atoms with Gasteiger partial charge in [-0.25, -0.2) is 4.79 Å². The van der Waals surface area contributed by atoms with Crippen LogP contribution < -0.4 is 9.47 Å². The largest absolute Gasteiger partial charge is 0.485 e. The minimum absolute atomic E-state index is 0.311. The molecule has 0 saturated heterocycles. The first kappa shape index (κ1) is 23.8. The molecule has 0 N–H and O–H groups in total. The fourth-order valence-corrected chi connectivity index (χ4v) is 3.47. The smallest absolute Gasteiger partial charge is 0.338 e. The number of hydrogen-bond donors (Lipinski definition) is 0. The molecule has 0 aliphatic heterocycles. The van der Waals surface area contributed by atoms with Gasteiger partial charge in [-0.1, -0.05) is 91.0 Å². The summed E-state index contributed by atoms with van der Waals surface area (Å²) in [6.07, 6.45) is 4.01. The van der Waals surface area contributed by atoms with Crippen LogP contribution in [0, 0.1) is 0 Å². The maximum absolute atomic E-state index is 11.8. The monoisotopic (exact) mass is 464 g/mol. The average molecular weight is 465 g/mol. The fourth-order valence-electron chi connectivity index (χ4n) is 3.47. The normalized spacial score (nSPS) is 10.8. The predicted molar refractivity (Wildman–Crippen MR) is 139 cm³/mol. The first-order valence-corrected chi connectivity index (χ1v) is 11.6. The third kappa shape index (κ3) is 7.08. The first-order chi connectivity index (χ1) is 17.2. The van der Waals surface area contributed by atoms with E-state index in [1.54, 1.807) is 19.1 Å². The molecule has 0 aliphatic rings. The molecule has 0 heterocycles. The van der Waals surface area contributed by atoms with Crippen molar-refractivity contribution in [3.05, 3.63) is 131 Å². The van der Waals surface area contributed by atoms with Gasteiger partial charge in [-0.05, 0) is 53.4 Å². The highest BCUT2D eigenvalue weighted by Crippen LogP contribution is 2.31. The zero-order valence-corrected chi connectivity index (χ0v) is 19.7. The Morgan fingerprint density at radius 1 is 0.657 bits per heavy atom. The van der Waals surface area contributed by atoms with Crippen LogP contribution in [0.15, 0.2) is 103 Å². The van der Waals surface area contributed by atoms with E-state index in [0.29, 0.717) is 36.9 Å². The molecule has 4 aromatic carbocycles. The van der Waals surface area contributed by atoms with Crippen molar-refractivity contribution in [1.82, 2.24) is 0 Å². The summed E-state index contributed by atoms with van der Waals surface area (Å²) >= 11 is 0. The lowest BCUT2D eigenvalue weighted by molar-refractivity contribution is 0.0526. The lowest BCUT2D eigenvalue weighted by atomic mass is 10.1. The van der Waals surface area contributed by atoms with Crippen LogP contribution in [0.1, 0.15) is 39.5 Å². The molecular weight excluding hydrogens is 436 g/mol. The molecule has 35 heavy (non-hydrogen) atoms. The number of rotatable bonds is 10. The van der Waals surface area contributed by atoms with Gasteiger partial charge >= 0.3 is 5.97 Å². The van der Waals surface area contributed by atoms with Gasteiger partial charge in [0.1, 0.15) is 13.2 Å². The first-order valence-electron chi connectivity index (χ1n) is 11.6. The molecule has 0 fully saturated rings. The lowest BCUT2D eigenvalue weighted by Crippen LogP contribution is -2.03. The van der Waals surface area contributed by atoms with Crippen molar-refractivity contribution in [3.63, 3.8) is 0 Å². The van der Waals surface area contributed by atoms with E-state index < -0.39 is 0 Å². The topological polar surface area (TPSA) is 44.8 Å². The van der Waals surface area contributed by atoms with Crippen LogP contribution in [0.2, 0.25) is 0 Å².